The van der Waals surface area contributed by atoms with E-state index in [9.17, 15) is 0 Å². The van der Waals surface area contributed by atoms with E-state index in [1.807, 2.05) is 24.4 Å². The molecule has 0 fully saturated rings. The van der Waals surface area contributed by atoms with E-state index in [0.29, 0.717) is 11.5 Å². The standard InChI is InChI=1S/C65H48N4O.Pt/c1-45-19-16-32-60-63(45)68(64-55(48-22-10-5-11-23-48)30-18-31-56(64)49-24-12-6-13-25-49)44-67(60)52-28-17-29-53(41-52)70-54-34-35-57-58-40-50(47-20-8-4-9-21-47)33-36-59(58)69(61(57)42-54)62-39-46(37-38-66-62)43-65(2,3)51-26-14-7-15-27-51;/h4-40H,43H2,1-3H3;/q-2;. The second-order valence-electron chi connectivity index (χ2n) is 18.6. The third-order valence-corrected chi connectivity index (χ3v) is 13.5. The molecule has 0 unspecified atom stereocenters. The Hall–Kier alpha value is -8.11. The Morgan fingerprint density at radius 1 is 0.549 bits per heavy atom. The van der Waals surface area contributed by atoms with E-state index in [-0.39, 0.29) is 26.5 Å². The fourth-order valence-electron chi connectivity index (χ4n) is 10.1. The number of imidazole rings is 1. The van der Waals surface area contributed by atoms with Crippen molar-refractivity contribution < 1.29 is 30.4 Å². The first-order valence-corrected chi connectivity index (χ1v) is 23.8. The van der Waals surface area contributed by atoms with Crippen LogP contribution < -0.4 is 9.30 Å². The number of benzene rings is 9. The van der Waals surface area contributed by atoms with E-state index in [1.54, 1.807) is 0 Å². The fraction of sp³-hybridized carbons (Fsp3) is 0.0769. The molecule has 0 bridgehead atoms. The predicted octanol–water partition coefficient (Wildman–Crippen LogP) is 15.4. The molecule has 0 spiro atoms. The van der Waals surface area contributed by atoms with Crippen molar-refractivity contribution >= 4 is 32.8 Å². The van der Waals surface area contributed by atoms with Crippen LogP contribution in [0.1, 0.15) is 30.5 Å². The first kappa shape index (κ1) is 45.3. The zero-order valence-electron chi connectivity index (χ0n) is 39.6. The summed E-state index contributed by atoms with van der Waals surface area (Å²) in [5.41, 5.74) is 16.2. The second kappa shape index (κ2) is 19.0. The van der Waals surface area contributed by atoms with Gasteiger partial charge >= 0.3 is 0 Å². The molecule has 6 heteroatoms. The van der Waals surface area contributed by atoms with Gasteiger partial charge in [0.05, 0.1) is 16.7 Å². The fourth-order valence-corrected chi connectivity index (χ4v) is 10.1. The largest absolute Gasteiger partial charge is 0.510 e. The molecule has 5 nitrogen and oxygen atoms in total. The molecule has 0 atom stereocenters. The Labute approximate surface area is 429 Å². The number of aryl methyl sites for hydroxylation is 1. The van der Waals surface area contributed by atoms with E-state index >= 15 is 0 Å². The van der Waals surface area contributed by atoms with Crippen LogP contribution in [0.5, 0.6) is 11.5 Å². The maximum atomic E-state index is 6.77. The van der Waals surface area contributed by atoms with Gasteiger partial charge in [0, 0.05) is 44.3 Å². The SMILES string of the molecule is Cc1cccc2c1[n+](-c1c(-c3ccccc3)cccc1-c1ccccc1)[c-]n2-c1[c-]c(Oc2[c-]c3c(cc2)c2cc(-c4ccccc4)ccc2n3-c2cc(CC(C)(C)c3ccccc3)ccn2)ccc1.[Pt]. The number of nitrogens with zero attached hydrogens (tertiary/aromatic N) is 4. The Morgan fingerprint density at radius 3 is 1.89 bits per heavy atom. The molecule has 346 valence electrons. The molecular weight excluding hydrogens is 1050 g/mol. The summed E-state index contributed by atoms with van der Waals surface area (Å²) in [7, 11) is 0. The van der Waals surface area contributed by atoms with Gasteiger partial charge in [0.25, 0.3) is 6.33 Å². The van der Waals surface area contributed by atoms with Gasteiger partial charge in [0.15, 0.2) is 0 Å². The Morgan fingerprint density at radius 2 is 1.18 bits per heavy atom. The normalized spacial score (nSPS) is 11.5. The van der Waals surface area contributed by atoms with Gasteiger partial charge in [-0.2, -0.15) is 18.2 Å². The van der Waals surface area contributed by atoms with Crippen LogP contribution >= 0.6 is 0 Å². The van der Waals surface area contributed by atoms with Crippen LogP contribution in [-0.2, 0) is 32.9 Å². The van der Waals surface area contributed by atoms with Gasteiger partial charge in [-0.25, -0.2) is 4.98 Å². The Kier molecular flexibility index (Phi) is 12.1. The van der Waals surface area contributed by atoms with Crippen molar-refractivity contribution in [1.29, 1.82) is 0 Å². The van der Waals surface area contributed by atoms with Gasteiger partial charge < -0.3 is 13.9 Å². The van der Waals surface area contributed by atoms with Crippen LogP contribution in [0.2, 0.25) is 0 Å². The third-order valence-electron chi connectivity index (χ3n) is 13.5. The number of ether oxygens (including phenoxy) is 1. The van der Waals surface area contributed by atoms with Crippen molar-refractivity contribution in [2.45, 2.75) is 32.6 Å². The molecule has 0 aliphatic rings. The van der Waals surface area contributed by atoms with Crippen molar-refractivity contribution in [3.05, 3.63) is 260 Å². The van der Waals surface area contributed by atoms with Crippen LogP contribution in [0, 0.1) is 25.4 Å². The summed E-state index contributed by atoms with van der Waals surface area (Å²) in [6.07, 6.45) is 6.60. The summed E-state index contributed by atoms with van der Waals surface area (Å²) in [6, 6.07) is 84.0. The zero-order chi connectivity index (χ0) is 47.2. The summed E-state index contributed by atoms with van der Waals surface area (Å²) in [6.45, 7) is 6.78. The monoisotopic (exact) mass is 1100 g/mol. The van der Waals surface area contributed by atoms with Crippen molar-refractivity contribution in [1.82, 2.24) is 14.1 Å². The van der Waals surface area contributed by atoms with Crippen LogP contribution in [-0.4, -0.2) is 14.1 Å². The molecule has 0 aliphatic heterocycles. The first-order chi connectivity index (χ1) is 34.4. The van der Waals surface area contributed by atoms with E-state index < -0.39 is 0 Å². The third kappa shape index (κ3) is 8.58. The molecule has 3 aromatic heterocycles. The number of aromatic nitrogens is 4. The van der Waals surface area contributed by atoms with Gasteiger partial charge in [0.1, 0.15) is 5.82 Å². The number of rotatable bonds is 11. The van der Waals surface area contributed by atoms with Crippen LogP contribution in [0.25, 0.3) is 83.4 Å². The van der Waals surface area contributed by atoms with Crippen molar-refractivity contribution in [2.24, 2.45) is 0 Å². The van der Waals surface area contributed by atoms with Crippen molar-refractivity contribution in [3.8, 4) is 62.1 Å². The number of hydrogen-bond acceptors (Lipinski definition) is 2. The van der Waals surface area contributed by atoms with Crippen molar-refractivity contribution in [2.75, 3.05) is 0 Å². The van der Waals surface area contributed by atoms with Gasteiger partial charge in [0.2, 0.25) is 0 Å². The topological polar surface area (TPSA) is 35.9 Å². The minimum Gasteiger partial charge on any atom is -0.510 e. The molecule has 71 heavy (non-hydrogen) atoms. The van der Waals surface area contributed by atoms with Gasteiger partial charge in [-0.05, 0) is 98.1 Å². The second-order valence-corrected chi connectivity index (χ2v) is 18.6. The van der Waals surface area contributed by atoms with Gasteiger partial charge in [-0.15, -0.1) is 29.7 Å². The number of pyridine rings is 1. The molecule has 0 saturated carbocycles. The molecule has 12 rings (SSSR count). The van der Waals surface area contributed by atoms with Crippen LogP contribution in [0.3, 0.4) is 0 Å². The number of hydrogen-bond donors (Lipinski definition) is 0. The molecule has 0 aliphatic carbocycles. The summed E-state index contributed by atoms with van der Waals surface area (Å²) < 4.78 is 13.3. The minimum atomic E-state index is -0.0784. The predicted molar refractivity (Wildman–Crippen MR) is 284 cm³/mol. The van der Waals surface area contributed by atoms with E-state index in [1.165, 1.54) is 16.7 Å². The molecule has 0 radical (unpaired) electrons. The van der Waals surface area contributed by atoms with E-state index in [0.717, 1.165) is 89.8 Å². The molecule has 9 aromatic carbocycles. The van der Waals surface area contributed by atoms with Gasteiger partial charge in [-0.1, -0.05) is 189 Å². The average Bonchev–Trinajstić information content (AvgIpc) is 3.96. The summed E-state index contributed by atoms with van der Waals surface area (Å²) in [5.74, 6) is 1.97. The molecule has 3 heterocycles. The molecular formula is C65H48N4OPt-2. The van der Waals surface area contributed by atoms with Crippen molar-refractivity contribution in [3.63, 3.8) is 0 Å². The molecule has 12 aromatic rings. The summed E-state index contributed by atoms with van der Waals surface area (Å²) >= 11 is 0. The maximum absolute atomic E-state index is 6.77. The van der Waals surface area contributed by atoms with Crippen LogP contribution in [0.15, 0.2) is 225 Å². The maximum Gasteiger partial charge on any atom is 0.268 e. The quantitative estimate of drug-likeness (QED) is 0.0956. The Bertz CT molecular complexity index is 3800. The summed E-state index contributed by atoms with van der Waals surface area (Å²) in [5, 5.41) is 2.18. The zero-order valence-corrected chi connectivity index (χ0v) is 41.9. The smallest absolute Gasteiger partial charge is 0.268 e. The van der Waals surface area contributed by atoms with E-state index in [2.05, 4.69) is 253 Å². The Balaban J connectivity index is 0.00000547. The minimum absolute atomic E-state index is 0. The molecule has 0 N–H and O–H groups in total. The average molecular weight is 1100 g/mol. The molecule has 0 amide bonds. The first-order valence-electron chi connectivity index (χ1n) is 23.8. The molecule has 0 saturated heterocycles. The van der Waals surface area contributed by atoms with Gasteiger partial charge in [-0.3, -0.25) is 4.57 Å². The van der Waals surface area contributed by atoms with E-state index in [4.69, 9.17) is 9.72 Å². The number of fused-ring (bicyclic) bond motifs is 4. The van der Waals surface area contributed by atoms with Crippen LogP contribution in [0.4, 0.5) is 0 Å². The number of para-hydroxylation sites is 2. The summed E-state index contributed by atoms with van der Waals surface area (Å²) in [4.78, 5) is 5.01.